The van der Waals surface area contributed by atoms with Crippen LogP contribution in [0, 0.1) is 10.8 Å². The Labute approximate surface area is 117 Å². The molecule has 2 saturated carbocycles. The molecule has 2 rings (SSSR count). The number of carbonyl (C=O) groups is 1. The lowest BCUT2D eigenvalue weighted by Gasteiger charge is -2.31. The van der Waals surface area contributed by atoms with E-state index < -0.39 is 0 Å². The van der Waals surface area contributed by atoms with Crippen molar-refractivity contribution in [2.24, 2.45) is 16.6 Å². The van der Waals surface area contributed by atoms with Gasteiger partial charge in [-0.25, -0.2) is 0 Å². The predicted molar refractivity (Wildman–Crippen MR) is 78.8 cm³/mol. The first kappa shape index (κ1) is 14.8. The lowest BCUT2D eigenvalue weighted by atomic mass is 9.79. The molecule has 1 unspecified atom stereocenters. The highest BCUT2D eigenvalue weighted by Crippen LogP contribution is 2.39. The fourth-order valence-electron chi connectivity index (χ4n) is 3.83. The minimum absolute atomic E-state index is 0.236. The van der Waals surface area contributed by atoms with E-state index in [0.717, 1.165) is 38.5 Å². The third-order valence-electron chi connectivity index (χ3n) is 5.24. The number of nitrogens with two attached hydrogens (primary N) is 1. The van der Waals surface area contributed by atoms with Crippen LogP contribution in [-0.4, -0.2) is 18.5 Å². The van der Waals surface area contributed by atoms with Crippen molar-refractivity contribution in [1.29, 1.82) is 0 Å². The molecule has 110 valence electrons. The Kier molecular flexibility index (Phi) is 4.54. The van der Waals surface area contributed by atoms with E-state index in [9.17, 15) is 4.79 Å². The molecule has 2 fully saturated rings. The van der Waals surface area contributed by atoms with Crippen molar-refractivity contribution >= 4 is 5.91 Å². The molecule has 0 bridgehead atoms. The van der Waals surface area contributed by atoms with Crippen molar-refractivity contribution in [2.75, 3.05) is 6.54 Å². The van der Waals surface area contributed by atoms with Gasteiger partial charge in [0.05, 0.1) is 5.41 Å². The highest BCUT2D eigenvalue weighted by molar-refractivity contribution is 5.83. The molecule has 0 aromatic carbocycles. The molecule has 1 atom stereocenters. The van der Waals surface area contributed by atoms with Crippen molar-refractivity contribution in [1.82, 2.24) is 5.32 Å². The predicted octanol–water partition coefficient (Wildman–Crippen LogP) is 2.98. The standard InChI is InChI=1S/C16H30N2O/c1-15(2)10-7-13(11-15)18-14(19)16(12-17)8-5-3-4-6-9-16/h13H,3-12,17H2,1-2H3,(H,18,19). The van der Waals surface area contributed by atoms with Gasteiger partial charge in [0.25, 0.3) is 0 Å². The summed E-state index contributed by atoms with van der Waals surface area (Å²) in [5.41, 5.74) is 6.09. The number of rotatable bonds is 3. The number of carbonyl (C=O) groups excluding carboxylic acids is 1. The summed E-state index contributed by atoms with van der Waals surface area (Å²) in [6, 6.07) is 0.370. The van der Waals surface area contributed by atoms with Crippen LogP contribution >= 0.6 is 0 Å². The normalized spacial score (nSPS) is 29.7. The lowest BCUT2D eigenvalue weighted by molar-refractivity contribution is -0.132. The molecule has 2 aliphatic carbocycles. The molecule has 0 radical (unpaired) electrons. The van der Waals surface area contributed by atoms with Crippen LogP contribution in [0.3, 0.4) is 0 Å². The number of nitrogens with one attached hydrogen (secondary N) is 1. The van der Waals surface area contributed by atoms with Gasteiger partial charge in [-0.05, 0) is 37.5 Å². The summed E-state index contributed by atoms with van der Waals surface area (Å²) in [7, 11) is 0. The molecule has 0 aromatic heterocycles. The van der Waals surface area contributed by atoms with Crippen LogP contribution in [0.2, 0.25) is 0 Å². The molecular formula is C16H30N2O. The molecule has 3 heteroatoms. The summed E-state index contributed by atoms with van der Waals surface area (Å²) < 4.78 is 0. The maximum atomic E-state index is 12.7. The lowest BCUT2D eigenvalue weighted by Crippen LogP contribution is -2.48. The van der Waals surface area contributed by atoms with Gasteiger partial charge < -0.3 is 11.1 Å². The van der Waals surface area contributed by atoms with Crippen molar-refractivity contribution in [3.8, 4) is 0 Å². The highest BCUT2D eigenvalue weighted by atomic mass is 16.2. The molecule has 3 N–H and O–H groups in total. The summed E-state index contributed by atoms with van der Waals surface area (Å²) >= 11 is 0. The van der Waals surface area contributed by atoms with E-state index >= 15 is 0 Å². The fourth-order valence-corrected chi connectivity index (χ4v) is 3.83. The summed E-state index contributed by atoms with van der Waals surface area (Å²) in [5, 5.41) is 3.30. The molecule has 0 spiro atoms. The average molecular weight is 266 g/mol. The Morgan fingerprint density at radius 1 is 1.16 bits per heavy atom. The summed E-state index contributed by atoms with van der Waals surface area (Å²) in [5.74, 6) is 0.236. The van der Waals surface area contributed by atoms with Crippen LogP contribution in [0.15, 0.2) is 0 Å². The van der Waals surface area contributed by atoms with Crippen LogP contribution in [-0.2, 0) is 4.79 Å². The Bertz CT molecular complexity index is 317. The zero-order chi connectivity index (χ0) is 13.9. The minimum atomic E-state index is -0.275. The van der Waals surface area contributed by atoms with E-state index in [0.29, 0.717) is 18.0 Å². The van der Waals surface area contributed by atoms with Crippen LogP contribution in [0.1, 0.15) is 71.6 Å². The van der Waals surface area contributed by atoms with Crippen molar-refractivity contribution < 1.29 is 4.79 Å². The van der Waals surface area contributed by atoms with Gasteiger partial charge >= 0.3 is 0 Å². The van der Waals surface area contributed by atoms with Gasteiger partial charge in [0.15, 0.2) is 0 Å². The molecule has 3 nitrogen and oxygen atoms in total. The van der Waals surface area contributed by atoms with Gasteiger partial charge in [0, 0.05) is 12.6 Å². The number of amides is 1. The van der Waals surface area contributed by atoms with Crippen LogP contribution in [0.25, 0.3) is 0 Å². The second-order valence-electron chi connectivity index (χ2n) is 7.48. The first-order valence-corrected chi connectivity index (χ1v) is 7.99. The third-order valence-corrected chi connectivity index (χ3v) is 5.24. The Balaban J connectivity index is 1.97. The topological polar surface area (TPSA) is 55.1 Å². The highest BCUT2D eigenvalue weighted by Gasteiger charge is 2.40. The number of hydrogen-bond donors (Lipinski definition) is 2. The van der Waals surface area contributed by atoms with Gasteiger partial charge in [-0.15, -0.1) is 0 Å². The third kappa shape index (κ3) is 3.50. The first-order chi connectivity index (χ1) is 8.97. The van der Waals surface area contributed by atoms with E-state index in [2.05, 4.69) is 19.2 Å². The molecular weight excluding hydrogens is 236 g/mol. The van der Waals surface area contributed by atoms with Crippen molar-refractivity contribution in [3.63, 3.8) is 0 Å². The van der Waals surface area contributed by atoms with E-state index in [-0.39, 0.29) is 11.3 Å². The molecule has 19 heavy (non-hydrogen) atoms. The number of hydrogen-bond acceptors (Lipinski definition) is 2. The monoisotopic (exact) mass is 266 g/mol. The van der Waals surface area contributed by atoms with E-state index in [1.165, 1.54) is 19.3 Å². The second kappa shape index (κ2) is 5.82. The maximum Gasteiger partial charge on any atom is 0.227 e. The minimum Gasteiger partial charge on any atom is -0.353 e. The quantitative estimate of drug-likeness (QED) is 0.772. The zero-order valence-corrected chi connectivity index (χ0v) is 12.6. The van der Waals surface area contributed by atoms with Gasteiger partial charge in [-0.1, -0.05) is 39.5 Å². The summed E-state index contributed by atoms with van der Waals surface area (Å²) in [6.45, 7) is 5.10. The molecule has 1 amide bonds. The zero-order valence-electron chi connectivity index (χ0n) is 12.6. The van der Waals surface area contributed by atoms with Crippen molar-refractivity contribution in [3.05, 3.63) is 0 Å². The largest absolute Gasteiger partial charge is 0.353 e. The summed E-state index contributed by atoms with van der Waals surface area (Å²) in [6.07, 6.45) is 10.2. The molecule has 0 aliphatic heterocycles. The van der Waals surface area contributed by atoms with Crippen LogP contribution < -0.4 is 11.1 Å². The fraction of sp³-hybridized carbons (Fsp3) is 0.938. The molecule has 0 aromatic rings. The van der Waals surface area contributed by atoms with Gasteiger partial charge in [-0.3, -0.25) is 4.79 Å². The van der Waals surface area contributed by atoms with E-state index in [1.807, 2.05) is 0 Å². The van der Waals surface area contributed by atoms with Crippen molar-refractivity contribution in [2.45, 2.75) is 77.7 Å². The SMILES string of the molecule is CC1(C)CCC(NC(=O)C2(CN)CCCCCC2)C1. The smallest absolute Gasteiger partial charge is 0.227 e. The molecule has 0 saturated heterocycles. The van der Waals surface area contributed by atoms with E-state index in [4.69, 9.17) is 5.73 Å². The van der Waals surface area contributed by atoms with Crippen LogP contribution in [0.5, 0.6) is 0 Å². The second-order valence-corrected chi connectivity index (χ2v) is 7.48. The molecule has 2 aliphatic rings. The van der Waals surface area contributed by atoms with Crippen LogP contribution in [0.4, 0.5) is 0 Å². The Morgan fingerprint density at radius 2 is 1.79 bits per heavy atom. The average Bonchev–Trinajstić information content (AvgIpc) is 2.59. The van der Waals surface area contributed by atoms with Gasteiger partial charge in [0.2, 0.25) is 5.91 Å². The molecule has 0 heterocycles. The van der Waals surface area contributed by atoms with E-state index in [1.54, 1.807) is 0 Å². The van der Waals surface area contributed by atoms with Gasteiger partial charge in [0.1, 0.15) is 0 Å². The maximum absolute atomic E-state index is 12.7. The first-order valence-electron chi connectivity index (χ1n) is 7.99. The van der Waals surface area contributed by atoms with Gasteiger partial charge in [-0.2, -0.15) is 0 Å². The Hall–Kier alpha value is -0.570. The Morgan fingerprint density at radius 3 is 2.26 bits per heavy atom. The summed E-state index contributed by atoms with van der Waals surface area (Å²) in [4.78, 5) is 12.7.